The van der Waals surface area contributed by atoms with Crippen LogP contribution >= 0.6 is 12.2 Å². The molecule has 1 N–H and O–H groups in total. The first-order chi connectivity index (χ1) is 13.1. The molecule has 27 heavy (non-hydrogen) atoms. The second-order valence-electron chi connectivity index (χ2n) is 5.81. The first-order valence-electron chi connectivity index (χ1n) is 8.35. The molecule has 1 heterocycles. The number of hydrogen-bond acceptors (Lipinski definition) is 5. The van der Waals surface area contributed by atoms with E-state index < -0.39 is 5.95 Å². The quantitative estimate of drug-likeness (QED) is 0.510. The molecule has 3 aromatic rings. The zero-order valence-corrected chi connectivity index (χ0v) is 15.9. The third kappa shape index (κ3) is 4.35. The van der Waals surface area contributed by atoms with Crippen molar-refractivity contribution < 1.29 is 19.0 Å². The van der Waals surface area contributed by atoms with E-state index in [4.69, 9.17) is 21.5 Å². The lowest BCUT2D eigenvalue weighted by Gasteiger charge is -2.23. The maximum absolute atomic E-state index is 12.3. The Morgan fingerprint density at radius 1 is 1.19 bits per heavy atom. The Bertz CT molecular complexity index is 897. The minimum absolute atomic E-state index is 0.253. The lowest BCUT2D eigenvalue weighted by molar-refractivity contribution is -0.678. The Balaban J connectivity index is 1.89. The van der Waals surface area contributed by atoms with E-state index >= 15 is 0 Å². The van der Waals surface area contributed by atoms with Gasteiger partial charge in [0, 0.05) is 25.7 Å². The maximum atomic E-state index is 12.3. The van der Waals surface area contributed by atoms with E-state index in [1.54, 1.807) is 26.3 Å². The lowest BCUT2D eigenvalue weighted by Crippen LogP contribution is -2.43. The molecule has 0 aliphatic rings. The van der Waals surface area contributed by atoms with E-state index in [1.807, 2.05) is 47.4 Å². The lowest BCUT2D eigenvalue weighted by atomic mass is 10.2. The van der Waals surface area contributed by atoms with Gasteiger partial charge in [0.2, 0.25) is 5.69 Å². The number of benzene rings is 2. The van der Waals surface area contributed by atoms with Crippen LogP contribution in [0.15, 0.2) is 59.1 Å². The number of nitrogens with zero attached hydrogens (tertiary/aromatic N) is 3. The predicted molar refractivity (Wildman–Crippen MR) is 101 cm³/mol. The molecule has 3 rings (SSSR count). The largest absolute Gasteiger partial charge is 0.539 e. The highest BCUT2D eigenvalue weighted by Crippen LogP contribution is 2.17. The van der Waals surface area contributed by atoms with E-state index in [2.05, 4.69) is 10.6 Å². The Labute approximate surface area is 162 Å². The van der Waals surface area contributed by atoms with Crippen LogP contribution in [0.2, 0.25) is 0 Å². The molecule has 0 amide bonds. The molecule has 0 aliphatic carbocycles. The average molecular weight is 384 g/mol. The summed E-state index contributed by atoms with van der Waals surface area (Å²) in [7, 11) is 3.35. The summed E-state index contributed by atoms with van der Waals surface area (Å²) in [6.07, 6.45) is 0. The Morgan fingerprint density at radius 3 is 2.52 bits per heavy atom. The molecule has 8 heteroatoms. The third-order valence-corrected chi connectivity index (χ3v) is 4.53. The van der Waals surface area contributed by atoms with Gasteiger partial charge in [0.25, 0.3) is 5.69 Å². The fourth-order valence-corrected chi connectivity index (χ4v) is 2.80. The van der Waals surface area contributed by atoms with Gasteiger partial charge in [0.15, 0.2) is 11.1 Å². The Kier molecular flexibility index (Phi) is 5.87. The van der Waals surface area contributed by atoms with Gasteiger partial charge in [-0.3, -0.25) is 0 Å². The van der Waals surface area contributed by atoms with E-state index in [1.165, 1.54) is 4.68 Å². The zero-order valence-electron chi connectivity index (χ0n) is 15.1. The monoisotopic (exact) mass is 384 g/mol. The maximum Gasteiger partial charge on any atom is 0.259 e. The number of thiocarbonyl (C=S) groups is 1. The molecule has 0 saturated heterocycles. The van der Waals surface area contributed by atoms with Gasteiger partial charge in [0.05, 0.1) is 12.4 Å². The molecule has 140 valence electrons. The second kappa shape index (κ2) is 8.50. The molecule has 0 aliphatic heterocycles. The van der Waals surface area contributed by atoms with Gasteiger partial charge in [-0.2, -0.15) is 0 Å². The topological polar surface area (TPSA) is 77.5 Å². The Morgan fingerprint density at radius 2 is 1.89 bits per heavy atom. The normalized spacial score (nSPS) is 10.4. The summed E-state index contributed by atoms with van der Waals surface area (Å²) in [5.41, 5.74) is 2.16. The molecule has 0 fully saturated rings. The standard InChI is InChI=1S/C19H20N4O3S/c1-20-19(27)22(12-14-6-4-3-5-7-14)13-17-18(24)26-21-23(17)15-8-10-16(25-2)11-9-15/h3-11H,12-13H2,1-2H3,(H-,20,21,24,27). The summed E-state index contributed by atoms with van der Waals surface area (Å²) in [5.74, 6) is 0.219. The molecule has 0 spiro atoms. The van der Waals surface area contributed by atoms with Crippen molar-refractivity contribution in [3.8, 4) is 17.4 Å². The number of nitrogens with one attached hydrogen (secondary N) is 1. The molecular formula is C19H20N4O3S. The third-order valence-electron chi connectivity index (χ3n) is 4.07. The summed E-state index contributed by atoms with van der Waals surface area (Å²) in [6, 6.07) is 17.1. The van der Waals surface area contributed by atoms with Crippen LogP contribution in [0.3, 0.4) is 0 Å². The molecule has 0 saturated carbocycles. The van der Waals surface area contributed by atoms with Crippen molar-refractivity contribution in [2.75, 3.05) is 14.2 Å². The number of methoxy groups -OCH3 is 1. The van der Waals surface area contributed by atoms with Crippen molar-refractivity contribution in [1.82, 2.24) is 15.5 Å². The van der Waals surface area contributed by atoms with Crippen LogP contribution in [0.1, 0.15) is 11.3 Å². The van der Waals surface area contributed by atoms with Gasteiger partial charge in [-0.1, -0.05) is 30.3 Å². The van der Waals surface area contributed by atoms with Crippen molar-refractivity contribution in [3.05, 3.63) is 65.9 Å². The Hall–Kier alpha value is -3.13. The molecular weight excluding hydrogens is 364 g/mol. The highest BCUT2D eigenvalue weighted by atomic mass is 32.1. The predicted octanol–water partition coefficient (Wildman–Crippen LogP) is 1.54. The molecule has 0 unspecified atom stereocenters. The van der Waals surface area contributed by atoms with Gasteiger partial charge in [-0.05, 0) is 34.6 Å². The molecule has 0 atom stereocenters. The van der Waals surface area contributed by atoms with Crippen LogP contribution < -0.4 is 19.8 Å². The van der Waals surface area contributed by atoms with Gasteiger partial charge >= 0.3 is 0 Å². The van der Waals surface area contributed by atoms with Crippen LogP contribution in [-0.2, 0) is 13.1 Å². The number of aromatic nitrogens is 2. The summed E-state index contributed by atoms with van der Waals surface area (Å²) < 4.78 is 11.6. The summed E-state index contributed by atoms with van der Waals surface area (Å²) in [4.78, 5) is 1.89. The van der Waals surface area contributed by atoms with Gasteiger partial charge < -0.3 is 24.6 Å². The van der Waals surface area contributed by atoms with Crippen molar-refractivity contribution >= 4 is 17.3 Å². The average Bonchev–Trinajstić information content (AvgIpc) is 3.08. The zero-order chi connectivity index (χ0) is 19.2. The van der Waals surface area contributed by atoms with Crippen LogP contribution in [0.25, 0.3) is 5.69 Å². The molecule has 2 aromatic carbocycles. The van der Waals surface area contributed by atoms with Crippen LogP contribution in [-0.4, -0.2) is 29.4 Å². The first-order valence-corrected chi connectivity index (χ1v) is 8.76. The minimum Gasteiger partial charge on any atom is -0.539 e. The minimum atomic E-state index is -0.497. The van der Waals surface area contributed by atoms with Crippen LogP contribution in [0.5, 0.6) is 11.7 Å². The van der Waals surface area contributed by atoms with Crippen molar-refractivity contribution in [3.63, 3.8) is 0 Å². The first kappa shape index (κ1) is 18.7. The van der Waals surface area contributed by atoms with Gasteiger partial charge in [-0.25, -0.2) is 0 Å². The summed E-state index contributed by atoms with van der Waals surface area (Å²) in [5, 5.41) is 19.7. The van der Waals surface area contributed by atoms with Crippen molar-refractivity contribution in [1.29, 1.82) is 0 Å². The molecule has 7 nitrogen and oxygen atoms in total. The van der Waals surface area contributed by atoms with Crippen molar-refractivity contribution in [2.45, 2.75) is 13.1 Å². The fraction of sp³-hybridized carbons (Fsp3) is 0.211. The molecule has 0 radical (unpaired) electrons. The number of rotatable bonds is 6. The highest BCUT2D eigenvalue weighted by molar-refractivity contribution is 7.80. The summed E-state index contributed by atoms with van der Waals surface area (Å²) in [6.45, 7) is 0.802. The second-order valence-corrected chi connectivity index (χ2v) is 6.20. The van der Waals surface area contributed by atoms with E-state index in [-0.39, 0.29) is 6.54 Å². The SMILES string of the molecule is CNC(=S)N(Cc1ccccc1)Cc1c([O-])on[n+]1-c1ccc(OC)cc1. The van der Waals surface area contributed by atoms with E-state index in [0.29, 0.717) is 28.8 Å². The fourth-order valence-electron chi connectivity index (χ4n) is 2.67. The van der Waals surface area contributed by atoms with Crippen molar-refractivity contribution in [2.24, 2.45) is 0 Å². The summed E-state index contributed by atoms with van der Waals surface area (Å²) >= 11 is 5.42. The number of ether oxygens (including phenoxy) is 1. The molecule has 1 aromatic heterocycles. The number of hydrogen-bond donors (Lipinski definition) is 1. The van der Waals surface area contributed by atoms with Gasteiger partial charge in [-0.15, -0.1) is 0 Å². The highest BCUT2D eigenvalue weighted by Gasteiger charge is 2.24. The van der Waals surface area contributed by atoms with E-state index in [9.17, 15) is 5.11 Å². The van der Waals surface area contributed by atoms with Crippen LogP contribution in [0, 0.1) is 0 Å². The van der Waals surface area contributed by atoms with Gasteiger partial charge in [0.1, 0.15) is 12.3 Å². The van der Waals surface area contributed by atoms with E-state index in [0.717, 1.165) is 5.56 Å². The molecule has 0 bridgehead atoms. The smallest absolute Gasteiger partial charge is 0.259 e. The van der Waals surface area contributed by atoms with Crippen LogP contribution in [0.4, 0.5) is 0 Å².